The van der Waals surface area contributed by atoms with Crippen molar-refractivity contribution >= 4 is 22.8 Å². The van der Waals surface area contributed by atoms with E-state index in [2.05, 4.69) is 10.3 Å². The first-order valence-corrected chi connectivity index (χ1v) is 7.52. The van der Waals surface area contributed by atoms with Crippen molar-refractivity contribution in [2.24, 2.45) is 4.99 Å². The van der Waals surface area contributed by atoms with Crippen LogP contribution < -0.4 is 5.32 Å². The molecule has 1 unspecified atom stereocenters. The third-order valence-corrected chi connectivity index (χ3v) is 5.28. The van der Waals surface area contributed by atoms with E-state index in [-0.39, 0.29) is 17.8 Å². The van der Waals surface area contributed by atoms with E-state index < -0.39 is 10.3 Å². The lowest BCUT2D eigenvalue weighted by atomic mass is 9.91. The van der Waals surface area contributed by atoms with Crippen molar-refractivity contribution in [1.29, 1.82) is 0 Å². The molecule has 1 aliphatic heterocycles. The summed E-state index contributed by atoms with van der Waals surface area (Å²) in [6.07, 6.45) is 0. The van der Waals surface area contributed by atoms with Gasteiger partial charge in [0.15, 0.2) is 5.17 Å². The number of halogens is 1. The van der Waals surface area contributed by atoms with Gasteiger partial charge in [-0.15, -0.1) is 0 Å². The number of hydrogen-bond acceptors (Lipinski definition) is 4. The van der Waals surface area contributed by atoms with Crippen LogP contribution in [0.2, 0.25) is 0 Å². The molecule has 1 aromatic rings. The number of benzene rings is 1. The summed E-state index contributed by atoms with van der Waals surface area (Å²) in [6, 6.07) is 6.14. The van der Waals surface area contributed by atoms with Crippen LogP contribution in [0.5, 0.6) is 0 Å². The minimum atomic E-state index is -1.21. The molecular weight excluding hydrogens is 291 g/mol. The zero-order valence-electron chi connectivity index (χ0n) is 12.5. The van der Waals surface area contributed by atoms with Crippen molar-refractivity contribution in [3.05, 3.63) is 35.6 Å². The molecule has 1 heterocycles. The van der Waals surface area contributed by atoms with Crippen LogP contribution in [0.3, 0.4) is 0 Å². The standard InChI is InChI=1S/C15H19FN2O2S/c1-9(10-7-5-6-8-11(10)16)17-13-18-12(19)15(4,21-13)14(2,3)20/h5-9,20H,1-4H3,(H,17,18,19)/t9-,15?/m0/s1. The van der Waals surface area contributed by atoms with Crippen molar-refractivity contribution in [2.45, 2.75) is 44.1 Å². The molecule has 1 aromatic carbocycles. The Morgan fingerprint density at radius 3 is 2.57 bits per heavy atom. The number of thioether (sulfide) groups is 1. The zero-order valence-corrected chi connectivity index (χ0v) is 13.3. The first-order chi connectivity index (χ1) is 9.65. The summed E-state index contributed by atoms with van der Waals surface area (Å²) in [5.74, 6) is -0.694. The molecular formula is C15H19FN2O2S. The van der Waals surface area contributed by atoms with Crippen LogP contribution >= 0.6 is 11.8 Å². The van der Waals surface area contributed by atoms with Gasteiger partial charge in [-0.25, -0.2) is 4.39 Å². The summed E-state index contributed by atoms with van der Waals surface area (Å²) < 4.78 is 12.7. The fraction of sp³-hybridized carbons (Fsp3) is 0.467. The quantitative estimate of drug-likeness (QED) is 0.901. The lowest BCUT2D eigenvalue weighted by molar-refractivity contribution is -0.124. The van der Waals surface area contributed by atoms with E-state index in [0.29, 0.717) is 10.7 Å². The number of aliphatic imine (C=N–C) groups is 1. The highest BCUT2D eigenvalue weighted by Gasteiger charge is 2.51. The van der Waals surface area contributed by atoms with E-state index in [9.17, 15) is 14.3 Å². The molecule has 114 valence electrons. The number of rotatable bonds is 3. The maximum absolute atomic E-state index is 13.7. The first-order valence-electron chi connectivity index (χ1n) is 6.70. The molecule has 2 rings (SSSR count). The Balaban J connectivity index is 2.14. The van der Waals surface area contributed by atoms with Crippen LogP contribution in [0.4, 0.5) is 4.39 Å². The van der Waals surface area contributed by atoms with E-state index in [0.717, 1.165) is 0 Å². The van der Waals surface area contributed by atoms with Crippen molar-refractivity contribution in [2.75, 3.05) is 0 Å². The van der Waals surface area contributed by atoms with Gasteiger partial charge in [0.25, 0.3) is 5.91 Å². The van der Waals surface area contributed by atoms with Gasteiger partial charge in [-0.2, -0.15) is 4.99 Å². The Bertz CT molecular complexity index is 598. The van der Waals surface area contributed by atoms with Gasteiger partial charge in [-0.1, -0.05) is 30.0 Å². The number of nitrogens with one attached hydrogen (secondary N) is 1. The highest BCUT2D eigenvalue weighted by molar-refractivity contribution is 8.16. The first kappa shape index (κ1) is 16.0. The predicted molar refractivity (Wildman–Crippen MR) is 82.7 cm³/mol. The number of aliphatic hydroxyl groups is 1. The number of nitrogens with zero attached hydrogens (tertiary/aromatic N) is 1. The van der Waals surface area contributed by atoms with Crippen LogP contribution in [-0.2, 0) is 4.79 Å². The average molecular weight is 310 g/mol. The summed E-state index contributed by atoms with van der Waals surface area (Å²) in [6.45, 7) is 6.62. The Morgan fingerprint density at radius 2 is 2.05 bits per heavy atom. The fourth-order valence-electron chi connectivity index (χ4n) is 2.00. The van der Waals surface area contributed by atoms with Crippen LogP contribution in [-0.4, -0.2) is 26.5 Å². The molecule has 0 radical (unpaired) electrons. The fourth-order valence-corrected chi connectivity index (χ4v) is 3.13. The molecule has 21 heavy (non-hydrogen) atoms. The smallest absolute Gasteiger partial charge is 0.267 e. The summed E-state index contributed by atoms with van der Waals surface area (Å²) in [5.41, 5.74) is -0.701. The van der Waals surface area contributed by atoms with Gasteiger partial charge in [0, 0.05) is 5.56 Å². The minimum Gasteiger partial charge on any atom is -0.388 e. The number of carbonyl (C=O) groups is 1. The molecule has 0 bridgehead atoms. The number of hydrogen-bond donors (Lipinski definition) is 2. The zero-order chi connectivity index (χ0) is 15.8. The topological polar surface area (TPSA) is 61.7 Å². The van der Waals surface area contributed by atoms with Gasteiger partial charge < -0.3 is 10.4 Å². The van der Waals surface area contributed by atoms with Gasteiger partial charge >= 0.3 is 0 Å². The molecule has 0 aromatic heterocycles. The van der Waals surface area contributed by atoms with E-state index in [1.165, 1.54) is 17.8 Å². The van der Waals surface area contributed by atoms with Crippen molar-refractivity contribution in [1.82, 2.24) is 5.32 Å². The molecule has 1 amide bonds. The lowest BCUT2D eigenvalue weighted by Crippen LogP contribution is -2.49. The van der Waals surface area contributed by atoms with Crippen molar-refractivity contribution in [3.8, 4) is 0 Å². The SMILES string of the molecule is C[C@H](NC1=NC(=O)C(C)(C(C)(C)O)S1)c1ccccc1F. The third kappa shape index (κ3) is 2.96. The maximum Gasteiger partial charge on any atom is 0.267 e. The van der Waals surface area contributed by atoms with E-state index in [1.54, 1.807) is 45.9 Å². The number of amidine groups is 1. The Labute approximate surface area is 127 Å². The largest absolute Gasteiger partial charge is 0.388 e. The summed E-state index contributed by atoms with van der Waals surface area (Å²) >= 11 is 1.17. The third-order valence-electron chi connectivity index (χ3n) is 3.79. The predicted octanol–water partition coefficient (Wildman–Crippen LogP) is 2.64. The van der Waals surface area contributed by atoms with Crippen LogP contribution in [0.25, 0.3) is 0 Å². The molecule has 0 fully saturated rings. The molecule has 6 heteroatoms. The van der Waals surface area contributed by atoms with Crippen molar-refractivity contribution < 1.29 is 14.3 Å². The molecule has 2 N–H and O–H groups in total. The van der Waals surface area contributed by atoms with E-state index in [4.69, 9.17) is 0 Å². The molecule has 2 atom stereocenters. The van der Waals surface area contributed by atoms with Gasteiger partial charge in [0.1, 0.15) is 10.6 Å². The van der Waals surface area contributed by atoms with Crippen molar-refractivity contribution in [3.63, 3.8) is 0 Å². The molecule has 0 saturated carbocycles. The molecule has 4 nitrogen and oxygen atoms in total. The molecule has 1 aliphatic rings. The average Bonchev–Trinajstić information content (AvgIpc) is 2.65. The highest BCUT2D eigenvalue weighted by atomic mass is 32.2. The molecule has 0 spiro atoms. The minimum absolute atomic E-state index is 0.308. The van der Waals surface area contributed by atoms with Gasteiger partial charge in [0.05, 0.1) is 11.6 Å². The van der Waals surface area contributed by atoms with Crippen LogP contribution in [0, 0.1) is 5.82 Å². The van der Waals surface area contributed by atoms with E-state index >= 15 is 0 Å². The summed E-state index contributed by atoms with van der Waals surface area (Å²) in [7, 11) is 0. The second-order valence-electron chi connectivity index (χ2n) is 5.80. The normalized spacial score (nSPS) is 23.9. The Morgan fingerprint density at radius 1 is 1.43 bits per heavy atom. The van der Waals surface area contributed by atoms with Crippen LogP contribution in [0.15, 0.2) is 29.3 Å². The van der Waals surface area contributed by atoms with Gasteiger partial charge in [-0.05, 0) is 33.8 Å². The summed E-state index contributed by atoms with van der Waals surface area (Å²) in [5, 5.41) is 13.6. The second kappa shape index (κ2) is 5.42. The molecule has 0 saturated heterocycles. The summed E-state index contributed by atoms with van der Waals surface area (Å²) in [4.78, 5) is 16.0. The Hall–Kier alpha value is -1.40. The van der Waals surface area contributed by atoms with Gasteiger partial charge in [-0.3, -0.25) is 4.79 Å². The second-order valence-corrected chi connectivity index (χ2v) is 7.21. The van der Waals surface area contributed by atoms with E-state index in [1.807, 2.05) is 0 Å². The number of carbonyl (C=O) groups excluding carboxylic acids is 1. The monoisotopic (exact) mass is 310 g/mol. The van der Waals surface area contributed by atoms with Crippen LogP contribution in [0.1, 0.15) is 39.3 Å². The highest BCUT2D eigenvalue weighted by Crippen LogP contribution is 2.42. The lowest BCUT2D eigenvalue weighted by Gasteiger charge is -2.33. The Kier molecular flexibility index (Phi) is 4.13. The van der Waals surface area contributed by atoms with Gasteiger partial charge in [0.2, 0.25) is 0 Å². The maximum atomic E-state index is 13.7. The molecule has 0 aliphatic carbocycles. The number of amides is 1.